The van der Waals surface area contributed by atoms with Gasteiger partial charge in [0.15, 0.2) is 5.75 Å². The number of hydrogen-bond acceptors (Lipinski definition) is 2. The Morgan fingerprint density at radius 1 is 1.62 bits per heavy atom. The number of hydrogen-bond donors (Lipinski definition) is 0. The molecule has 1 aromatic rings. The van der Waals surface area contributed by atoms with Crippen LogP contribution in [-0.2, 0) is 0 Å². The van der Waals surface area contributed by atoms with Gasteiger partial charge in [0.05, 0.1) is 11.2 Å². The van der Waals surface area contributed by atoms with E-state index in [-0.39, 0.29) is 11.6 Å². The van der Waals surface area contributed by atoms with E-state index in [2.05, 4.69) is 4.98 Å². The van der Waals surface area contributed by atoms with Crippen LogP contribution in [0.1, 0.15) is 0 Å². The number of pyridine rings is 1. The molecule has 0 unspecified atom stereocenters. The summed E-state index contributed by atoms with van der Waals surface area (Å²) in [4.78, 5) is 3.39. The monoisotopic (exact) mass is 221 g/mol. The lowest BCUT2D eigenvalue weighted by atomic mass is 10.4. The lowest BCUT2D eigenvalue weighted by Gasteiger charge is -2.03. The van der Waals surface area contributed by atoms with Crippen molar-refractivity contribution < 1.29 is 9.13 Å². The predicted octanol–water partition coefficient (Wildman–Crippen LogP) is 3.01. The normalized spacial score (nSPS) is 10.7. The van der Waals surface area contributed by atoms with Gasteiger partial charge in [0.1, 0.15) is 6.61 Å². The second kappa shape index (κ2) is 5.04. The zero-order valence-electron chi connectivity index (χ0n) is 6.51. The van der Waals surface area contributed by atoms with Crippen LogP contribution in [0.25, 0.3) is 0 Å². The Hall–Kier alpha value is -0.800. The minimum absolute atomic E-state index is 0.190. The second-order valence-corrected chi connectivity index (χ2v) is 2.77. The number of aromatic nitrogens is 1. The summed E-state index contributed by atoms with van der Waals surface area (Å²) in [5, 5.41) is 0.190. The van der Waals surface area contributed by atoms with Gasteiger partial charge in [0.25, 0.3) is 0 Å². The van der Waals surface area contributed by atoms with Crippen LogP contribution in [0.5, 0.6) is 5.75 Å². The quantitative estimate of drug-likeness (QED) is 0.733. The van der Waals surface area contributed by atoms with Crippen LogP contribution in [0.2, 0.25) is 5.02 Å². The molecule has 1 heterocycles. The standard InChI is InChI=1S/C8H6Cl2FNO/c9-2-1-3-13-7-5-12-8(11)4-6(7)10/h1-2,4-5H,3H2/b2-1+. The first-order chi connectivity index (χ1) is 6.24. The molecule has 0 spiro atoms. The first kappa shape index (κ1) is 10.3. The molecule has 0 aliphatic heterocycles. The molecule has 0 bridgehead atoms. The molecular weight excluding hydrogens is 216 g/mol. The lowest BCUT2D eigenvalue weighted by molar-refractivity contribution is 0.360. The van der Waals surface area contributed by atoms with Crippen molar-refractivity contribution >= 4 is 23.2 Å². The highest BCUT2D eigenvalue weighted by Crippen LogP contribution is 2.22. The Bertz CT molecular complexity index is 317. The molecule has 1 aromatic heterocycles. The molecule has 70 valence electrons. The van der Waals surface area contributed by atoms with E-state index in [1.165, 1.54) is 11.7 Å². The van der Waals surface area contributed by atoms with E-state index in [9.17, 15) is 4.39 Å². The van der Waals surface area contributed by atoms with Crippen LogP contribution in [0.3, 0.4) is 0 Å². The molecule has 0 aromatic carbocycles. The summed E-state index contributed by atoms with van der Waals surface area (Å²) in [7, 11) is 0. The Morgan fingerprint density at radius 3 is 3.00 bits per heavy atom. The number of ether oxygens (including phenoxy) is 1. The Kier molecular flexibility index (Phi) is 3.99. The number of halogens is 3. The van der Waals surface area contributed by atoms with E-state index in [4.69, 9.17) is 27.9 Å². The first-order valence-electron chi connectivity index (χ1n) is 3.43. The third-order valence-electron chi connectivity index (χ3n) is 1.21. The van der Waals surface area contributed by atoms with Crippen molar-refractivity contribution in [1.29, 1.82) is 0 Å². The van der Waals surface area contributed by atoms with E-state index in [1.807, 2.05) is 0 Å². The Balaban J connectivity index is 2.66. The van der Waals surface area contributed by atoms with Crippen LogP contribution in [0, 0.1) is 5.95 Å². The lowest BCUT2D eigenvalue weighted by Crippen LogP contribution is -1.95. The number of rotatable bonds is 3. The van der Waals surface area contributed by atoms with Gasteiger partial charge in [-0.25, -0.2) is 4.98 Å². The number of nitrogens with zero attached hydrogens (tertiary/aromatic N) is 1. The topological polar surface area (TPSA) is 22.1 Å². The average molecular weight is 222 g/mol. The van der Waals surface area contributed by atoms with Gasteiger partial charge in [-0.15, -0.1) is 0 Å². The van der Waals surface area contributed by atoms with Crippen molar-refractivity contribution in [2.45, 2.75) is 0 Å². The molecule has 1 rings (SSSR count). The van der Waals surface area contributed by atoms with E-state index in [1.54, 1.807) is 6.08 Å². The van der Waals surface area contributed by atoms with Crippen LogP contribution >= 0.6 is 23.2 Å². The third kappa shape index (κ3) is 3.20. The molecule has 0 fully saturated rings. The van der Waals surface area contributed by atoms with Crippen molar-refractivity contribution in [3.63, 3.8) is 0 Å². The molecule has 0 saturated carbocycles. The van der Waals surface area contributed by atoms with Crippen LogP contribution in [0.15, 0.2) is 23.9 Å². The van der Waals surface area contributed by atoms with Crippen molar-refractivity contribution in [1.82, 2.24) is 4.98 Å². The summed E-state index contributed by atoms with van der Waals surface area (Å²) in [6.07, 6.45) is 2.81. The van der Waals surface area contributed by atoms with Gasteiger partial charge in [0, 0.05) is 11.6 Å². The van der Waals surface area contributed by atoms with Gasteiger partial charge in [0.2, 0.25) is 5.95 Å². The van der Waals surface area contributed by atoms with Gasteiger partial charge in [-0.05, 0) is 6.08 Å². The maximum Gasteiger partial charge on any atom is 0.214 e. The van der Waals surface area contributed by atoms with Gasteiger partial charge < -0.3 is 4.74 Å². The van der Waals surface area contributed by atoms with E-state index < -0.39 is 5.95 Å². The summed E-state index contributed by atoms with van der Waals surface area (Å²) in [5.74, 6) is -0.303. The Morgan fingerprint density at radius 2 is 2.38 bits per heavy atom. The molecule has 0 saturated heterocycles. The van der Waals surface area contributed by atoms with Crippen LogP contribution in [0.4, 0.5) is 4.39 Å². The molecule has 5 heteroatoms. The smallest absolute Gasteiger partial charge is 0.214 e. The minimum Gasteiger partial charge on any atom is -0.486 e. The van der Waals surface area contributed by atoms with E-state index >= 15 is 0 Å². The summed E-state index contributed by atoms with van der Waals surface area (Å²) in [5.41, 5.74) is 1.32. The van der Waals surface area contributed by atoms with Gasteiger partial charge in [-0.1, -0.05) is 23.2 Å². The molecule has 0 amide bonds. The third-order valence-corrected chi connectivity index (χ3v) is 1.68. The summed E-state index contributed by atoms with van der Waals surface area (Å²) in [6.45, 7) is 0.274. The zero-order chi connectivity index (χ0) is 9.68. The van der Waals surface area contributed by atoms with Crippen molar-refractivity contribution in [2.24, 2.45) is 0 Å². The zero-order valence-corrected chi connectivity index (χ0v) is 8.02. The molecule has 0 aliphatic rings. The maximum absolute atomic E-state index is 12.4. The molecule has 13 heavy (non-hydrogen) atoms. The largest absolute Gasteiger partial charge is 0.486 e. The van der Waals surface area contributed by atoms with Gasteiger partial charge >= 0.3 is 0 Å². The molecule has 0 aliphatic carbocycles. The van der Waals surface area contributed by atoms with E-state index in [0.717, 1.165) is 6.07 Å². The van der Waals surface area contributed by atoms with Crippen molar-refractivity contribution in [3.05, 3.63) is 34.8 Å². The predicted molar refractivity (Wildman–Crippen MR) is 49.7 cm³/mol. The summed E-state index contributed by atoms with van der Waals surface area (Å²) in [6, 6.07) is 1.08. The van der Waals surface area contributed by atoms with Crippen LogP contribution in [-0.4, -0.2) is 11.6 Å². The first-order valence-corrected chi connectivity index (χ1v) is 4.24. The van der Waals surface area contributed by atoms with Crippen molar-refractivity contribution in [2.75, 3.05) is 6.61 Å². The summed E-state index contributed by atoms with van der Waals surface area (Å²) >= 11 is 10.9. The fourth-order valence-corrected chi connectivity index (χ4v) is 0.942. The molecule has 2 nitrogen and oxygen atoms in total. The molecule has 0 N–H and O–H groups in total. The van der Waals surface area contributed by atoms with Crippen molar-refractivity contribution in [3.8, 4) is 5.75 Å². The second-order valence-electron chi connectivity index (χ2n) is 2.11. The summed E-state index contributed by atoms with van der Waals surface area (Å²) < 4.78 is 17.5. The SMILES string of the molecule is Fc1cc(Cl)c(OC/C=C/Cl)cn1. The highest BCUT2D eigenvalue weighted by atomic mass is 35.5. The average Bonchev–Trinajstić information content (AvgIpc) is 2.09. The fraction of sp³-hybridized carbons (Fsp3) is 0.125. The maximum atomic E-state index is 12.4. The molecular formula is C8H6Cl2FNO. The van der Waals surface area contributed by atoms with Gasteiger partial charge in [-0.2, -0.15) is 4.39 Å². The van der Waals surface area contributed by atoms with E-state index in [0.29, 0.717) is 5.75 Å². The fourth-order valence-electron chi connectivity index (χ4n) is 0.675. The Labute approximate surface area is 84.9 Å². The highest BCUT2D eigenvalue weighted by Gasteiger charge is 2.02. The molecule has 0 radical (unpaired) electrons. The minimum atomic E-state index is -0.634. The van der Waals surface area contributed by atoms with Gasteiger partial charge in [-0.3, -0.25) is 0 Å². The van der Waals surface area contributed by atoms with Crippen LogP contribution < -0.4 is 4.74 Å². The highest BCUT2D eigenvalue weighted by molar-refractivity contribution is 6.32. The molecule has 0 atom stereocenters.